The van der Waals surface area contributed by atoms with E-state index >= 15 is 0 Å². The number of nitrogens with zero attached hydrogens (tertiary/aromatic N) is 2. The maximum absolute atomic E-state index is 13.5. The molecular formula is C19H27N5O5. The van der Waals surface area contributed by atoms with Crippen LogP contribution in [0.1, 0.15) is 6.92 Å². The maximum Gasteiger partial charge on any atom is 0.404 e. The van der Waals surface area contributed by atoms with E-state index in [9.17, 15) is 14.4 Å². The number of fused-ring (bicyclic) bond motifs is 4. The van der Waals surface area contributed by atoms with Crippen LogP contribution in [0.5, 0.6) is 0 Å². The topological polar surface area (TPSA) is 136 Å². The number of carbonyl (C=O) groups is 3. The number of hydrogen-bond acceptors (Lipinski definition) is 9. The molecular weight excluding hydrogens is 378 g/mol. The van der Waals surface area contributed by atoms with Gasteiger partial charge in [-0.15, -0.1) is 0 Å². The number of piperazine rings is 1. The van der Waals surface area contributed by atoms with Crippen molar-refractivity contribution in [2.75, 3.05) is 47.4 Å². The quantitative estimate of drug-likeness (QED) is 0.343. The molecule has 0 bridgehead atoms. The second-order valence-corrected chi connectivity index (χ2v) is 8.15. The van der Waals surface area contributed by atoms with E-state index in [4.69, 9.17) is 15.2 Å². The molecule has 3 aliphatic heterocycles. The second-order valence-electron chi connectivity index (χ2n) is 8.15. The highest BCUT2D eigenvalue weighted by Gasteiger charge is 2.72. The van der Waals surface area contributed by atoms with E-state index in [2.05, 4.69) is 10.6 Å². The predicted molar refractivity (Wildman–Crippen MR) is 102 cm³/mol. The van der Waals surface area contributed by atoms with Crippen molar-refractivity contribution in [3.05, 3.63) is 22.5 Å². The van der Waals surface area contributed by atoms with Gasteiger partial charge in [0.05, 0.1) is 23.4 Å². The lowest BCUT2D eigenvalue weighted by molar-refractivity contribution is -0.137. The van der Waals surface area contributed by atoms with Gasteiger partial charge in [0, 0.05) is 43.9 Å². The Hall–Kier alpha value is -2.43. The maximum atomic E-state index is 13.5. The zero-order valence-electron chi connectivity index (χ0n) is 17.1. The molecule has 4 aliphatic rings. The fourth-order valence-corrected chi connectivity index (χ4v) is 4.91. The number of nitrogens with two attached hydrogens (primary N) is 1. The van der Waals surface area contributed by atoms with Crippen LogP contribution >= 0.6 is 0 Å². The summed E-state index contributed by atoms with van der Waals surface area (Å²) in [6, 6.07) is 0.123. The normalized spacial score (nSPS) is 32.6. The number of likely N-dealkylation sites (N-methyl/N-ethyl adjacent to an activating group) is 1. The molecule has 10 nitrogen and oxygen atoms in total. The number of nitrogens with one attached hydrogen (secondary N) is 2. The van der Waals surface area contributed by atoms with Crippen molar-refractivity contribution in [2.24, 2.45) is 11.7 Å². The van der Waals surface area contributed by atoms with Crippen LogP contribution in [0.4, 0.5) is 4.79 Å². The molecule has 0 aromatic carbocycles. The van der Waals surface area contributed by atoms with E-state index in [-0.39, 0.29) is 30.3 Å². The van der Waals surface area contributed by atoms with Crippen LogP contribution < -0.4 is 16.4 Å². The number of primary amides is 1. The third-order valence-electron chi connectivity index (χ3n) is 6.29. The molecule has 1 unspecified atom stereocenters. The Kier molecular flexibility index (Phi) is 4.67. The van der Waals surface area contributed by atoms with Gasteiger partial charge >= 0.3 is 6.09 Å². The fraction of sp³-hybridized carbons (Fsp3) is 0.632. The Balaban J connectivity index is 1.71. The van der Waals surface area contributed by atoms with E-state index < -0.39 is 17.7 Å². The monoisotopic (exact) mass is 405 g/mol. The number of ketones is 2. The molecule has 0 aromatic rings. The molecule has 0 saturated carbocycles. The molecule has 0 radical (unpaired) electrons. The molecule has 1 aliphatic carbocycles. The first-order valence-corrected chi connectivity index (χ1v) is 9.68. The molecule has 4 N–H and O–H groups in total. The Bertz CT molecular complexity index is 850. The summed E-state index contributed by atoms with van der Waals surface area (Å²) in [6.45, 7) is 3.32. The summed E-state index contributed by atoms with van der Waals surface area (Å²) in [5.74, 6) is -1.07. The van der Waals surface area contributed by atoms with E-state index in [1.807, 2.05) is 23.9 Å². The average molecular weight is 405 g/mol. The van der Waals surface area contributed by atoms with Crippen LogP contribution in [0.15, 0.2) is 22.5 Å². The first kappa shape index (κ1) is 19.9. The van der Waals surface area contributed by atoms with Gasteiger partial charge in [-0.25, -0.2) is 4.79 Å². The van der Waals surface area contributed by atoms with Crippen molar-refractivity contribution >= 4 is 17.7 Å². The van der Waals surface area contributed by atoms with Crippen molar-refractivity contribution in [1.29, 1.82) is 0 Å². The molecule has 0 aromatic heterocycles. The van der Waals surface area contributed by atoms with Crippen LogP contribution in [0.2, 0.25) is 0 Å². The van der Waals surface area contributed by atoms with Crippen LogP contribution in [-0.4, -0.2) is 92.7 Å². The summed E-state index contributed by atoms with van der Waals surface area (Å²) in [5.41, 5.74) is 5.62. The summed E-state index contributed by atoms with van der Waals surface area (Å²) in [6.07, 6.45) is -0.930. The average Bonchev–Trinajstić information content (AvgIpc) is 3.27. The molecule has 2 saturated heterocycles. The predicted octanol–water partition coefficient (Wildman–Crippen LogP) is -1.46. The van der Waals surface area contributed by atoms with Crippen molar-refractivity contribution in [1.82, 2.24) is 20.4 Å². The highest BCUT2D eigenvalue weighted by molar-refractivity contribution is 6.25. The molecule has 4 atom stereocenters. The first-order valence-electron chi connectivity index (χ1n) is 9.68. The lowest BCUT2D eigenvalue weighted by atomic mass is 9.82. The lowest BCUT2D eigenvalue weighted by Crippen LogP contribution is -2.55. The number of carbonyl (C=O) groups excluding carboxylic acids is 3. The first-order chi connectivity index (χ1) is 13.7. The number of ether oxygens (including phenoxy) is 2. The van der Waals surface area contributed by atoms with E-state index in [1.54, 1.807) is 14.0 Å². The lowest BCUT2D eigenvalue weighted by Gasteiger charge is -2.39. The summed E-state index contributed by atoms with van der Waals surface area (Å²) >= 11 is 0. The summed E-state index contributed by atoms with van der Waals surface area (Å²) in [7, 11) is 5.42. The number of hydrogen-bond donors (Lipinski definition) is 3. The van der Waals surface area contributed by atoms with Crippen molar-refractivity contribution in [2.45, 2.75) is 24.7 Å². The molecule has 1 amide bonds. The van der Waals surface area contributed by atoms with Crippen LogP contribution in [-0.2, 0) is 19.1 Å². The minimum Gasteiger partial charge on any atom is -0.449 e. The van der Waals surface area contributed by atoms with Gasteiger partial charge in [0.1, 0.15) is 6.61 Å². The second kappa shape index (κ2) is 6.82. The zero-order chi connectivity index (χ0) is 21.1. The summed E-state index contributed by atoms with van der Waals surface area (Å²) in [5, 5.41) is 6.46. The Morgan fingerprint density at radius 2 is 2.10 bits per heavy atom. The van der Waals surface area contributed by atoms with Gasteiger partial charge in [-0.1, -0.05) is 0 Å². The number of amides is 1. The summed E-state index contributed by atoms with van der Waals surface area (Å²) < 4.78 is 11.0. The van der Waals surface area contributed by atoms with Crippen LogP contribution in [0.3, 0.4) is 0 Å². The Labute approximate surface area is 169 Å². The molecule has 2 fully saturated rings. The minimum atomic E-state index is -0.949. The standard InChI is InChI=1S/C19H27N5O5/c1-9-13(21-5-6-23(2)3)16(26)12-10(8-29-18(20)27)19(28-4)17-11(22-17)7-24(19)14(12)15(9)25/h10-11,17,21-22H,5-8H2,1-4H3,(H2,20,27)/t10-,11+,17+,19?/m0/s1. The minimum absolute atomic E-state index is 0.0503. The number of allylic oxidation sites excluding steroid dienone is 2. The fourth-order valence-electron chi connectivity index (χ4n) is 4.91. The van der Waals surface area contributed by atoms with E-state index in [0.29, 0.717) is 42.2 Å². The van der Waals surface area contributed by atoms with Crippen molar-refractivity contribution in [3.8, 4) is 0 Å². The molecule has 158 valence electrons. The number of rotatable bonds is 7. The molecule has 10 heteroatoms. The smallest absolute Gasteiger partial charge is 0.404 e. The third kappa shape index (κ3) is 2.77. The van der Waals surface area contributed by atoms with E-state index in [1.165, 1.54) is 0 Å². The van der Waals surface area contributed by atoms with E-state index in [0.717, 1.165) is 0 Å². The van der Waals surface area contributed by atoms with Gasteiger partial charge in [0.25, 0.3) is 0 Å². The Morgan fingerprint density at radius 1 is 1.38 bits per heavy atom. The zero-order valence-corrected chi connectivity index (χ0v) is 17.1. The van der Waals surface area contributed by atoms with Crippen LogP contribution in [0.25, 0.3) is 0 Å². The SMILES string of the molecule is COC12[C@@H]3N[C@@H]3CN1C1=C(C(=O)C(NCCN(C)C)=C(C)C1=O)[C@@H]2COC(N)=O. The molecule has 3 heterocycles. The largest absolute Gasteiger partial charge is 0.449 e. The number of Topliss-reactive ketones (excluding diaryl/α,β-unsaturated/α-hetero) is 2. The molecule has 0 spiro atoms. The van der Waals surface area contributed by atoms with Crippen molar-refractivity contribution in [3.63, 3.8) is 0 Å². The van der Waals surface area contributed by atoms with Gasteiger partial charge in [-0.2, -0.15) is 0 Å². The van der Waals surface area contributed by atoms with Gasteiger partial charge in [-0.05, 0) is 21.0 Å². The molecule has 29 heavy (non-hydrogen) atoms. The van der Waals surface area contributed by atoms with Gasteiger partial charge < -0.3 is 35.6 Å². The third-order valence-corrected chi connectivity index (χ3v) is 6.29. The highest BCUT2D eigenvalue weighted by atomic mass is 16.6. The Morgan fingerprint density at radius 3 is 2.72 bits per heavy atom. The summed E-state index contributed by atoms with van der Waals surface area (Å²) in [4.78, 5) is 41.9. The van der Waals surface area contributed by atoms with Gasteiger partial charge in [-0.3, -0.25) is 9.59 Å². The highest BCUT2D eigenvalue weighted by Crippen LogP contribution is 2.55. The van der Waals surface area contributed by atoms with Crippen LogP contribution in [0, 0.1) is 5.92 Å². The van der Waals surface area contributed by atoms with Crippen molar-refractivity contribution < 1.29 is 23.9 Å². The molecule has 4 rings (SSSR count). The van der Waals surface area contributed by atoms with Gasteiger partial charge in [0.15, 0.2) is 5.72 Å². The number of methoxy groups -OCH3 is 1. The van der Waals surface area contributed by atoms with Gasteiger partial charge in [0.2, 0.25) is 11.6 Å².